The van der Waals surface area contributed by atoms with Gasteiger partial charge in [0.2, 0.25) is 0 Å². The zero-order chi connectivity index (χ0) is 8.97. The van der Waals surface area contributed by atoms with Crippen molar-refractivity contribution in [2.45, 2.75) is 12.6 Å². The van der Waals surface area contributed by atoms with E-state index in [1.165, 1.54) is 24.3 Å². The number of halogens is 2. The molecule has 1 nitrogen and oxygen atoms in total. The van der Waals surface area contributed by atoms with Crippen LogP contribution in [0, 0.1) is 5.82 Å². The van der Waals surface area contributed by atoms with E-state index in [-0.39, 0.29) is 12.2 Å². The van der Waals surface area contributed by atoms with Crippen LogP contribution in [0.5, 0.6) is 0 Å². The molecule has 0 bridgehead atoms. The molecule has 0 heterocycles. The van der Waals surface area contributed by atoms with Gasteiger partial charge in [0, 0.05) is 6.42 Å². The molecule has 0 spiro atoms. The highest BCUT2D eigenvalue weighted by molar-refractivity contribution is 5.16. The summed E-state index contributed by atoms with van der Waals surface area (Å²) < 4.78 is 24.9. The van der Waals surface area contributed by atoms with Crippen molar-refractivity contribution in [3.05, 3.63) is 35.6 Å². The van der Waals surface area contributed by atoms with Crippen molar-refractivity contribution in [1.29, 1.82) is 0 Å². The SMILES string of the molecule is OC[C@@H](F)Cc1ccc(F)cc1. The van der Waals surface area contributed by atoms with Crippen molar-refractivity contribution in [2.24, 2.45) is 0 Å². The molecule has 0 saturated heterocycles. The summed E-state index contributed by atoms with van der Waals surface area (Å²) in [6, 6.07) is 5.58. The fourth-order valence-corrected chi connectivity index (χ4v) is 0.941. The van der Waals surface area contributed by atoms with Gasteiger partial charge in [0.15, 0.2) is 0 Å². The van der Waals surface area contributed by atoms with Gasteiger partial charge in [-0.25, -0.2) is 8.78 Å². The van der Waals surface area contributed by atoms with Gasteiger partial charge in [-0.3, -0.25) is 0 Å². The Morgan fingerprint density at radius 3 is 2.33 bits per heavy atom. The van der Waals surface area contributed by atoms with E-state index in [1.807, 2.05) is 0 Å². The predicted molar refractivity (Wildman–Crippen MR) is 42.1 cm³/mol. The van der Waals surface area contributed by atoms with Gasteiger partial charge < -0.3 is 5.11 Å². The lowest BCUT2D eigenvalue weighted by atomic mass is 10.1. The normalized spacial score (nSPS) is 12.9. The van der Waals surface area contributed by atoms with Gasteiger partial charge in [-0.05, 0) is 17.7 Å². The molecule has 0 amide bonds. The van der Waals surface area contributed by atoms with Crippen LogP contribution in [0.2, 0.25) is 0 Å². The van der Waals surface area contributed by atoms with Gasteiger partial charge in [0.25, 0.3) is 0 Å². The van der Waals surface area contributed by atoms with Crippen LogP contribution in [0.4, 0.5) is 8.78 Å². The standard InChI is InChI=1S/C9H10F2O/c10-8-3-1-7(2-4-8)5-9(11)6-12/h1-4,9,12H,5-6H2/t9-/m0/s1. The van der Waals surface area contributed by atoms with Crippen molar-refractivity contribution in [3.63, 3.8) is 0 Å². The number of aliphatic hydroxyl groups is 1. The van der Waals surface area contributed by atoms with Gasteiger partial charge in [-0.15, -0.1) is 0 Å². The van der Waals surface area contributed by atoms with Crippen LogP contribution in [-0.2, 0) is 6.42 Å². The first-order chi connectivity index (χ1) is 5.72. The average Bonchev–Trinajstić information content (AvgIpc) is 2.09. The van der Waals surface area contributed by atoms with Crippen LogP contribution in [0.1, 0.15) is 5.56 Å². The number of rotatable bonds is 3. The summed E-state index contributed by atoms with van der Waals surface area (Å²) in [4.78, 5) is 0. The van der Waals surface area contributed by atoms with E-state index >= 15 is 0 Å². The Labute approximate surface area is 69.7 Å². The molecule has 0 unspecified atom stereocenters. The molecule has 0 aliphatic heterocycles. The third-order valence-electron chi connectivity index (χ3n) is 1.57. The molecule has 1 aromatic rings. The van der Waals surface area contributed by atoms with Crippen LogP contribution in [0.3, 0.4) is 0 Å². The summed E-state index contributed by atoms with van der Waals surface area (Å²) in [5.74, 6) is -0.335. The molecule has 66 valence electrons. The summed E-state index contributed by atoms with van der Waals surface area (Å²) in [6.07, 6.45) is -1.12. The van der Waals surface area contributed by atoms with E-state index in [4.69, 9.17) is 5.11 Å². The lowest BCUT2D eigenvalue weighted by molar-refractivity contribution is 0.177. The van der Waals surface area contributed by atoms with E-state index in [1.54, 1.807) is 0 Å². The lowest BCUT2D eigenvalue weighted by Crippen LogP contribution is -2.09. The fourth-order valence-electron chi connectivity index (χ4n) is 0.941. The van der Waals surface area contributed by atoms with Gasteiger partial charge in [0.1, 0.15) is 12.0 Å². The van der Waals surface area contributed by atoms with E-state index in [0.29, 0.717) is 5.56 Å². The molecule has 0 aromatic heterocycles. The first-order valence-electron chi connectivity index (χ1n) is 3.71. The summed E-state index contributed by atoms with van der Waals surface area (Å²) in [7, 11) is 0. The zero-order valence-corrected chi connectivity index (χ0v) is 6.50. The van der Waals surface area contributed by atoms with Crippen LogP contribution >= 0.6 is 0 Å². The Bertz CT molecular complexity index is 233. The number of alkyl halides is 1. The van der Waals surface area contributed by atoms with Crippen molar-refractivity contribution >= 4 is 0 Å². The van der Waals surface area contributed by atoms with Crippen LogP contribution < -0.4 is 0 Å². The Balaban J connectivity index is 2.58. The van der Waals surface area contributed by atoms with Crippen LogP contribution in [0.15, 0.2) is 24.3 Å². The number of aliphatic hydroxyl groups excluding tert-OH is 1. The number of benzene rings is 1. The molecule has 0 aliphatic rings. The van der Waals surface area contributed by atoms with Crippen molar-refractivity contribution in [2.75, 3.05) is 6.61 Å². The Morgan fingerprint density at radius 2 is 1.83 bits per heavy atom. The third-order valence-corrected chi connectivity index (χ3v) is 1.57. The molecule has 0 fully saturated rings. The highest BCUT2D eigenvalue weighted by atomic mass is 19.1. The highest BCUT2D eigenvalue weighted by Crippen LogP contribution is 2.07. The Kier molecular flexibility index (Phi) is 3.17. The highest BCUT2D eigenvalue weighted by Gasteiger charge is 2.05. The molecule has 0 aliphatic carbocycles. The van der Waals surface area contributed by atoms with Gasteiger partial charge >= 0.3 is 0 Å². The average molecular weight is 172 g/mol. The molecule has 1 N–H and O–H groups in total. The number of hydrogen-bond donors (Lipinski definition) is 1. The maximum absolute atomic E-state index is 12.6. The molecular formula is C9H10F2O. The van der Waals surface area contributed by atoms with E-state index < -0.39 is 12.8 Å². The van der Waals surface area contributed by atoms with Crippen LogP contribution in [0.25, 0.3) is 0 Å². The van der Waals surface area contributed by atoms with Gasteiger partial charge in [0.05, 0.1) is 6.61 Å². The second-order valence-electron chi connectivity index (χ2n) is 2.61. The summed E-state index contributed by atoms with van der Waals surface area (Å²) in [5, 5.41) is 8.40. The molecule has 1 atom stereocenters. The minimum atomic E-state index is -1.25. The largest absolute Gasteiger partial charge is 0.393 e. The molecular weight excluding hydrogens is 162 g/mol. The molecule has 1 rings (SSSR count). The van der Waals surface area contributed by atoms with Crippen molar-refractivity contribution < 1.29 is 13.9 Å². The maximum Gasteiger partial charge on any atom is 0.127 e. The minimum absolute atomic E-state index is 0.136. The first-order valence-corrected chi connectivity index (χ1v) is 3.71. The van der Waals surface area contributed by atoms with Gasteiger partial charge in [-0.1, -0.05) is 12.1 Å². The summed E-state index contributed by atoms with van der Waals surface area (Å²) in [6.45, 7) is -0.489. The number of hydrogen-bond acceptors (Lipinski definition) is 1. The third kappa shape index (κ3) is 2.58. The molecule has 0 saturated carbocycles. The Morgan fingerprint density at radius 1 is 1.25 bits per heavy atom. The first kappa shape index (κ1) is 9.13. The van der Waals surface area contributed by atoms with E-state index in [0.717, 1.165) is 0 Å². The Hall–Kier alpha value is -0.960. The fraction of sp³-hybridized carbons (Fsp3) is 0.333. The molecule has 3 heteroatoms. The minimum Gasteiger partial charge on any atom is -0.393 e. The summed E-state index contributed by atoms with van der Waals surface area (Å²) in [5.41, 5.74) is 0.693. The summed E-state index contributed by atoms with van der Waals surface area (Å²) >= 11 is 0. The molecule has 1 aromatic carbocycles. The maximum atomic E-state index is 12.6. The predicted octanol–water partition coefficient (Wildman–Crippen LogP) is 1.70. The molecule has 0 radical (unpaired) electrons. The topological polar surface area (TPSA) is 20.2 Å². The monoisotopic (exact) mass is 172 g/mol. The smallest absolute Gasteiger partial charge is 0.127 e. The zero-order valence-electron chi connectivity index (χ0n) is 6.50. The van der Waals surface area contributed by atoms with Gasteiger partial charge in [-0.2, -0.15) is 0 Å². The quantitative estimate of drug-likeness (QED) is 0.735. The second kappa shape index (κ2) is 4.16. The lowest BCUT2D eigenvalue weighted by Gasteiger charge is -2.03. The molecule has 12 heavy (non-hydrogen) atoms. The van der Waals surface area contributed by atoms with E-state index in [9.17, 15) is 8.78 Å². The van der Waals surface area contributed by atoms with Crippen molar-refractivity contribution in [3.8, 4) is 0 Å². The van der Waals surface area contributed by atoms with Crippen molar-refractivity contribution in [1.82, 2.24) is 0 Å². The van der Waals surface area contributed by atoms with E-state index in [2.05, 4.69) is 0 Å². The second-order valence-corrected chi connectivity index (χ2v) is 2.61. The van der Waals surface area contributed by atoms with Crippen LogP contribution in [-0.4, -0.2) is 17.9 Å².